The second kappa shape index (κ2) is 7.48. The van der Waals surface area contributed by atoms with Crippen LogP contribution in [0.2, 0.25) is 0 Å². The lowest BCUT2D eigenvalue weighted by Crippen LogP contribution is -2.25. The van der Waals surface area contributed by atoms with Crippen LogP contribution in [0.1, 0.15) is 23.5 Å². The van der Waals surface area contributed by atoms with E-state index in [1.165, 1.54) is 11.3 Å². The molecular formula is C11H20N4OS2. The van der Waals surface area contributed by atoms with Crippen LogP contribution in [0.5, 0.6) is 0 Å². The first-order valence-corrected chi connectivity index (χ1v) is 8.13. The highest BCUT2D eigenvalue weighted by Gasteiger charge is 2.17. The van der Waals surface area contributed by atoms with Crippen molar-refractivity contribution in [2.24, 2.45) is 0 Å². The van der Waals surface area contributed by atoms with Crippen molar-refractivity contribution in [1.82, 2.24) is 10.3 Å². The van der Waals surface area contributed by atoms with Crippen LogP contribution in [-0.2, 0) is 0 Å². The zero-order valence-corrected chi connectivity index (χ0v) is 12.7. The summed E-state index contributed by atoms with van der Waals surface area (Å²) in [5.41, 5.74) is 5.80. The minimum absolute atomic E-state index is 0.127. The molecule has 0 aromatic carbocycles. The summed E-state index contributed by atoms with van der Waals surface area (Å²) in [6.45, 7) is 6.48. The Morgan fingerprint density at radius 2 is 2.17 bits per heavy atom. The number of nitrogens with one attached hydrogen (secondary N) is 1. The second-order valence-corrected chi connectivity index (χ2v) is 5.59. The molecule has 1 amide bonds. The van der Waals surface area contributed by atoms with E-state index in [2.05, 4.69) is 29.0 Å². The van der Waals surface area contributed by atoms with Crippen LogP contribution in [0.4, 0.5) is 10.9 Å². The summed E-state index contributed by atoms with van der Waals surface area (Å²) in [5, 5.41) is 3.65. The Morgan fingerprint density at radius 1 is 1.50 bits per heavy atom. The van der Waals surface area contributed by atoms with Gasteiger partial charge in [-0.05, 0) is 20.1 Å². The SMILES string of the molecule is CCN(CC)c1nc(N)c(C(=O)NCCSC)s1. The third-order valence-corrected chi connectivity index (χ3v) is 4.22. The second-order valence-electron chi connectivity index (χ2n) is 3.63. The van der Waals surface area contributed by atoms with Gasteiger partial charge in [0, 0.05) is 25.4 Å². The average Bonchev–Trinajstić information content (AvgIpc) is 2.73. The van der Waals surface area contributed by atoms with E-state index in [4.69, 9.17) is 5.73 Å². The molecule has 3 N–H and O–H groups in total. The maximum atomic E-state index is 11.9. The van der Waals surface area contributed by atoms with E-state index < -0.39 is 0 Å². The number of carbonyl (C=O) groups excluding carboxylic acids is 1. The predicted octanol–water partition coefficient (Wildman–Crippen LogP) is 1.66. The molecule has 0 fully saturated rings. The fourth-order valence-corrected chi connectivity index (χ4v) is 2.79. The molecule has 0 aliphatic rings. The summed E-state index contributed by atoms with van der Waals surface area (Å²) < 4.78 is 0. The Hall–Kier alpha value is -0.950. The summed E-state index contributed by atoms with van der Waals surface area (Å²) >= 11 is 3.05. The number of nitrogens with two attached hydrogens (primary N) is 1. The summed E-state index contributed by atoms with van der Waals surface area (Å²) in [5.74, 6) is 1.09. The molecule has 0 atom stereocenters. The first kappa shape index (κ1) is 15.1. The standard InChI is InChI=1S/C11H20N4OS2/c1-4-15(5-2)11-14-9(12)8(18-11)10(16)13-6-7-17-3/h4-7,12H2,1-3H3,(H,13,16). The molecule has 0 bridgehead atoms. The molecule has 0 saturated heterocycles. The van der Waals surface area contributed by atoms with Gasteiger partial charge in [0.1, 0.15) is 10.7 Å². The van der Waals surface area contributed by atoms with Crippen LogP contribution in [0.3, 0.4) is 0 Å². The molecule has 0 unspecified atom stereocenters. The van der Waals surface area contributed by atoms with Crippen molar-refractivity contribution in [3.05, 3.63) is 4.88 Å². The topological polar surface area (TPSA) is 71.2 Å². The number of rotatable bonds is 7. The van der Waals surface area contributed by atoms with Crippen molar-refractivity contribution in [3.63, 3.8) is 0 Å². The Labute approximate surface area is 116 Å². The summed E-state index contributed by atoms with van der Waals surface area (Å²) in [6, 6.07) is 0. The lowest BCUT2D eigenvalue weighted by atomic mass is 10.4. The highest BCUT2D eigenvalue weighted by atomic mass is 32.2. The van der Waals surface area contributed by atoms with Gasteiger partial charge in [-0.15, -0.1) is 0 Å². The smallest absolute Gasteiger partial charge is 0.265 e. The van der Waals surface area contributed by atoms with Crippen molar-refractivity contribution < 1.29 is 4.79 Å². The van der Waals surface area contributed by atoms with E-state index in [0.717, 1.165) is 24.0 Å². The maximum absolute atomic E-state index is 11.9. The zero-order chi connectivity index (χ0) is 13.5. The fourth-order valence-electron chi connectivity index (χ4n) is 1.46. The van der Waals surface area contributed by atoms with Gasteiger partial charge >= 0.3 is 0 Å². The van der Waals surface area contributed by atoms with Crippen molar-refractivity contribution in [2.75, 3.05) is 42.3 Å². The minimum Gasteiger partial charge on any atom is -0.382 e. The van der Waals surface area contributed by atoms with Gasteiger partial charge in [-0.1, -0.05) is 11.3 Å². The third kappa shape index (κ3) is 3.78. The van der Waals surface area contributed by atoms with E-state index in [1.54, 1.807) is 11.8 Å². The predicted molar refractivity (Wildman–Crippen MR) is 80.8 cm³/mol. The number of aromatic nitrogens is 1. The van der Waals surface area contributed by atoms with Crippen LogP contribution in [0.15, 0.2) is 0 Å². The molecule has 0 radical (unpaired) electrons. The number of thioether (sulfide) groups is 1. The Balaban J connectivity index is 2.74. The molecule has 18 heavy (non-hydrogen) atoms. The number of hydrogen-bond donors (Lipinski definition) is 2. The molecule has 0 spiro atoms. The number of nitrogens with zero attached hydrogens (tertiary/aromatic N) is 2. The third-order valence-electron chi connectivity index (χ3n) is 2.47. The van der Waals surface area contributed by atoms with Crippen molar-refractivity contribution >= 4 is 40.0 Å². The minimum atomic E-state index is -0.127. The summed E-state index contributed by atoms with van der Waals surface area (Å²) in [7, 11) is 0. The van der Waals surface area contributed by atoms with Gasteiger partial charge in [0.15, 0.2) is 5.13 Å². The van der Waals surface area contributed by atoms with E-state index in [9.17, 15) is 4.79 Å². The van der Waals surface area contributed by atoms with E-state index in [1.807, 2.05) is 6.26 Å². The Morgan fingerprint density at radius 3 is 2.72 bits per heavy atom. The van der Waals surface area contributed by atoms with Crippen molar-refractivity contribution in [2.45, 2.75) is 13.8 Å². The molecule has 1 aromatic rings. The van der Waals surface area contributed by atoms with Crippen LogP contribution < -0.4 is 16.0 Å². The summed E-state index contributed by atoms with van der Waals surface area (Å²) in [6.07, 6.45) is 2.01. The largest absolute Gasteiger partial charge is 0.382 e. The molecule has 0 aliphatic carbocycles. The highest BCUT2D eigenvalue weighted by molar-refractivity contribution is 7.98. The van der Waals surface area contributed by atoms with Gasteiger partial charge in [-0.2, -0.15) is 11.8 Å². The molecular weight excluding hydrogens is 268 g/mol. The van der Waals surface area contributed by atoms with E-state index in [0.29, 0.717) is 17.2 Å². The molecule has 1 rings (SSSR count). The summed E-state index contributed by atoms with van der Waals surface area (Å²) in [4.78, 5) is 18.8. The van der Waals surface area contributed by atoms with Crippen molar-refractivity contribution in [1.29, 1.82) is 0 Å². The van der Waals surface area contributed by atoms with Crippen molar-refractivity contribution in [3.8, 4) is 0 Å². The highest BCUT2D eigenvalue weighted by Crippen LogP contribution is 2.27. The van der Waals surface area contributed by atoms with Gasteiger partial charge in [0.2, 0.25) is 0 Å². The van der Waals surface area contributed by atoms with Gasteiger partial charge < -0.3 is 16.0 Å². The number of thiazole rings is 1. The molecule has 0 aliphatic heterocycles. The number of carbonyl (C=O) groups is 1. The van der Waals surface area contributed by atoms with E-state index in [-0.39, 0.29) is 5.91 Å². The zero-order valence-electron chi connectivity index (χ0n) is 11.0. The Bertz CT molecular complexity index is 390. The monoisotopic (exact) mass is 288 g/mol. The van der Waals surface area contributed by atoms with Crippen LogP contribution in [-0.4, -0.2) is 42.5 Å². The fraction of sp³-hybridized carbons (Fsp3) is 0.636. The molecule has 7 heteroatoms. The first-order chi connectivity index (χ1) is 8.63. The number of nitrogen functional groups attached to an aromatic ring is 1. The van der Waals surface area contributed by atoms with Gasteiger partial charge in [0.25, 0.3) is 5.91 Å². The first-order valence-electron chi connectivity index (χ1n) is 5.92. The molecule has 102 valence electrons. The van der Waals surface area contributed by atoms with Gasteiger partial charge in [0.05, 0.1) is 0 Å². The average molecular weight is 288 g/mol. The van der Waals surface area contributed by atoms with Crippen LogP contribution >= 0.6 is 23.1 Å². The number of amides is 1. The van der Waals surface area contributed by atoms with Gasteiger partial charge in [-0.25, -0.2) is 4.98 Å². The van der Waals surface area contributed by atoms with E-state index >= 15 is 0 Å². The molecule has 0 saturated carbocycles. The molecule has 1 aromatic heterocycles. The number of hydrogen-bond acceptors (Lipinski definition) is 6. The number of anilines is 2. The normalized spacial score (nSPS) is 10.4. The van der Waals surface area contributed by atoms with Crippen LogP contribution in [0.25, 0.3) is 0 Å². The van der Waals surface area contributed by atoms with Gasteiger partial charge in [-0.3, -0.25) is 4.79 Å². The Kier molecular flexibility index (Phi) is 6.28. The maximum Gasteiger partial charge on any atom is 0.265 e. The lowest BCUT2D eigenvalue weighted by molar-refractivity contribution is 0.0961. The molecule has 5 nitrogen and oxygen atoms in total. The molecule has 1 heterocycles. The lowest BCUT2D eigenvalue weighted by Gasteiger charge is -2.16. The van der Waals surface area contributed by atoms with Crippen LogP contribution in [0, 0.1) is 0 Å². The quantitative estimate of drug-likeness (QED) is 0.747.